The number of thioether (sulfide) groups is 1. The van der Waals surface area contributed by atoms with Crippen molar-refractivity contribution in [3.8, 4) is 0 Å². The molecule has 2 rings (SSSR count). The highest BCUT2D eigenvalue weighted by molar-refractivity contribution is 7.99. The number of hydrogen-bond donors (Lipinski definition) is 1. The van der Waals surface area contributed by atoms with Gasteiger partial charge in [0.15, 0.2) is 0 Å². The molecule has 6 heteroatoms. The predicted octanol–water partition coefficient (Wildman–Crippen LogP) is 6.17. The van der Waals surface area contributed by atoms with Crippen molar-refractivity contribution in [1.82, 2.24) is 9.55 Å². The Kier molecular flexibility index (Phi) is 9.34. The van der Waals surface area contributed by atoms with E-state index in [1.165, 1.54) is 38.5 Å². The average Bonchev–Trinajstić information content (AvgIpc) is 3.09. The summed E-state index contributed by atoms with van der Waals surface area (Å²) in [5.41, 5.74) is -0.345. The maximum absolute atomic E-state index is 11.4. The molecule has 0 radical (unpaired) electrons. The highest BCUT2D eigenvalue weighted by atomic mass is 35.5. The van der Waals surface area contributed by atoms with Gasteiger partial charge in [-0.15, -0.1) is 0 Å². The second kappa shape index (κ2) is 11.2. The average molecular weight is 415 g/mol. The highest BCUT2D eigenvalue weighted by Crippen LogP contribution is 2.34. The molecule has 0 saturated heterocycles. The molecule has 3 nitrogen and oxygen atoms in total. The number of rotatable bonds is 12. The zero-order chi connectivity index (χ0) is 18.8. The summed E-state index contributed by atoms with van der Waals surface area (Å²) >= 11 is 14.2. The lowest BCUT2D eigenvalue weighted by Crippen LogP contribution is -2.34. The SMILES string of the molecule is CCCCCCCCSCC(O)(Cn1ccnc1)c1ccc(Cl)cc1Cl. The van der Waals surface area contributed by atoms with Crippen LogP contribution in [0.2, 0.25) is 10.0 Å². The lowest BCUT2D eigenvalue weighted by Gasteiger charge is -2.30. The second-order valence-corrected chi connectivity index (χ2v) is 8.66. The number of nitrogens with zero attached hydrogens (tertiary/aromatic N) is 2. The number of aromatic nitrogens is 2. The van der Waals surface area contributed by atoms with Crippen LogP contribution in [0, 0.1) is 0 Å². The molecule has 1 N–H and O–H groups in total. The van der Waals surface area contributed by atoms with Crippen LogP contribution >= 0.6 is 35.0 Å². The van der Waals surface area contributed by atoms with Gasteiger partial charge in [-0.1, -0.05) is 68.3 Å². The van der Waals surface area contributed by atoms with Gasteiger partial charge < -0.3 is 9.67 Å². The number of benzene rings is 1. The van der Waals surface area contributed by atoms with Crippen LogP contribution < -0.4 is 0 Å². The summed E-state index contributed by atoms with van der Waals surface area (Å²) in [4.78, 5) is 4.07. The summed E-state index contributed by atoms with van der Waals surface area (Å²) in [6.45, 7) is 2.65. The van der Waals surface area contributed by atoms with E-state index in [0.717, 1.165) is 5.75 Å². The smallest absolute Gasteiger partial charge is 0.118 e. The zero-order valence-electron chi connectivity index (χ0n) is 15.3. The van der Waals surface area contributed by atoms with Gasteiger partial charge in [-0.3, -0.25) is 0 Å². The standard InChI is InChI=1S/C20H28Cl2N2OS/c1-2-3-4-5-6-7-12-26-15-20(25,14-24-11-10-23-16-24)18-9-8-17(21)13-19(18)22/h8-11,13,16,25H,2-7,12,14-15H2,1H3. The number of unbranched alkanes of at least 4 members (excludes halogenated alkanes) is 5. The van der Waals surface area contributed by atoms with E-state index in [-0.39, 0.29) is 0 Å². The molecule has 1 heterocycles. The molecule has 0 fully saturated rings. The molecular formula is C20H28Cl2N2OS. The van der Waals surface area contributed by atoms with Crippen molar-refractivity contribution < 1.29 is 5.11 Å². The fourth-order valence-electron chi connectivity index (χ4n) is 2.98. The Bertz CT molecular complexity index is 651. The summed E-state index contributed by atoms with van der Waals surface area (Å²) < 4.78 is 1.89. The molecule has 0 saturated carbocycles. The van der Waals surface area contributed by atoms with E-state index in [0.29, 0.717) is 27.9 Å². The van der Waals surface area contributed by atoms with Gasteiger partial charge in [-0.05, 0) is 24.3 Å². The summed E-state index contributed by atoms with van der Waals surface area (Å²) in [6.07, 6.45) is 13.0. The van der Waals surface area contributed by atoms with Crippen LogP contribution in [-0.2, 0) is 12.1 Å². The van der Waals surface area contributed by atoms with Crippen LogP contribution in [0.1, 0.15) is 51.0 Å². The maximum atomic E-state index is 11.4. The quantitative estimate of drug-likeness (QED) is 0.421. The number of aliphatic hydroxyl groups is 1. The molecule has 0 bridgehead atoms. The summed E-state index contributed by atoms with van der Waals surface area (Å²) in [7, 11) is 0. The minimum Gasteiger partial charge on any atom is -0.382 e. The van der Waals surface area contributed by atoms with E-state index in [1.807, 2.05) is 16.8 Å². The van der Waals surface area contributed by atoms with Crippen LogP contribution in [0.25, 0.3) is 0 Å². The maximum Gasteiger partial charge on any atom is 0.118 e. The molecule has 0 spiro atoms. The minimum atomic E-state index is -1.06. The molecular weight excluding hydrogens is 387 g/mol. The molecule has 2 aromatic rings. The predicted molar refractivity (Wildman–Crippen MR) is 113 cm³/mol. The summed E-state index contributed by atoms with van der Waals surface area (Å²) in [5, 5.41) is 12.5. The largest absolute Gasteiger partial charge is 0.382 e. The molecule has 1 unspecified atom stereocenters. The van der Waals surface area contributed by atoms with E-state index in [1.54, 1.807) is 36.4 Å². The summed E-state index contributed by atoms with van der Waals surface area (Å²) in [5.74, 6) is 1.63. The molecule has 144 valence electrons. The van der Waals surface area contributed by atoms with Crippen LogP contribution in [0.15, 0.2) is 36.9 Å². The monoisotopic (exact) mass is 414 g/mol. The van der Waals surface area contributed by atoms with Crippen molar-refractivity contribution in [2.24, 2.45) is 0 Å². The van der Waals surface area contributed by atoms with Gasteiger partial charge >= 0.3 is 0 Å². The number of imidazole rings is 1. The fraction of sp³-hybridized carbons (Fsp3) is 0.550. The fourth-order valence-corrected chi connectivity index (χ4v) is 4.70. The Morgan fingerprint density at radius 3 is 2.62 bits per heavy atom. The van der Waals surface area contributed by atoms with Gasteiger partial charge in [0.2, 0.25) is 0 Å². The van der Waals surface area contributed by atoms with Crippen molar-refractivity contribution >= 4 is 35.0 Å². The number of halogens is 2. The zero-order valence-corrected chi connectivity index (χ0v) is 17.7. The Morgan fingerprint density at radius 1 is 1.15 bits per heavy atom. The van der Waals surface area contributed by atoms with E-state index in [4.69, 9.17) is 23.2 Å². The van der Waals surface area contributed by atoms with E-state index in [2.05, 4.69) is 11.9 Å². The third-order valence-electron chi connectivity index (χ3n) is 4.42. The molecule has 0 aliphatic carbocycles. The van der Waals surface area contributed by atoms with E-state index in [9.17, 15) is 5.11 Å². The first kappa shape index (κ1) is 21.6. The van der Waals surface area contributed by atoms with Gasteiger partial charge in [0.05, 0.1) is 12.9 Å². The Labute approximate surface area is 171 Å². The molecule has 1 aromatic carbocycles. The van der Waals surface area contributed by atoms with Crippen molar-refractivity contribution in [2.75, 3.05) is 11.5 Å². The summed E-state index contributed by atoms with van der Waals surface area (Å²) in [6, 6.07) is 5.29. The first-order valence-electron chi connectivity index (χ1n) is 9.26. The molecule has 0 amide bonds. The highest BCUT2D eigenvalue weighted by Gasteiger charge is 2.32. The molecule has 1 aromatic heterocycles. The molecule has 1 atom stereocenters. The van der Waals surface area contributed by atoms with Crippen LogP contribution in [0.5, 0.6) is 0 Å². The van der Waals surface area contributed by atoms with Gasteiger partial charge in [-0.2, -0.15) is 11.8 Å². The topological polar surface area (TPSA) is 38.0 Å². The molecule has 0 aliphatic rings. The Morgan fingerprint density at radius 2 is 1.92 bits per heavy atom. The van der Waals surface area contributed by atoms with Gasteiger partial charge in [0.1, 0.15) is 5.60 Å². The molecule has 26 heavy (non-hydrogen) atoms. The first-order valence-corrected chi connectivity index (χ1v) is 11.2. The van der Waals surface area contributed by atoms with Gasteiger partial charge in [0.25, 0.3) is 0 Å². The van der Waals surface area contributed by atoms with Gasteiger partial charge in [-0.25, -0.2) is 4.98 Å². The van der Waals surface area contributed by atoms with Crippen LogP contribution in [-0.4, -0.2) is 26.2 Å². The van der Waals surface area contributed by atoms with E-state index < -0.39 is 5.60 Å². The van der Waals surface area contributed by atoms with Crippen molar-refractivity contribution in [3.05, 3.63) is 52.5 Å². The Hall–Kier alpha value is -0.680. The molecule has 0 aliphatic heterocycles. The lowest BCUT2D eigenvalue weighted by molar-refractivity contribution is 0.0435. The van der Waals surface area contributed by atoms with Crippen molar-refractivity contribution in [1.29, 1.82) is 0 Å². The normalized spacial score (nSPS) is 13.7. The first-order chi connectivity index (χ1) is 12.5. The lowest BCUT2D eigenvalue weighted by atomic mass is 9.95. The Balaban J connectivity index is 1.95. The third-order valence-corrected chi connectivity index (χ3v) is 6.23. The van der Waals surface area contributed by atoms with Crippen molar-refractivity contribution in [2.45, 2.75) is 57.6 Å². The second-order valence-electron chi connectivity index (χ2n) is 6.71. The van der Waals surface area contributed by atoms with Crippen LogP contribution in [0.4, 0.5) is 0 Å². The minimum absolute atomic E-state index is 0.415. The van der Waals surface area contributed by atoms with Gasteiger partial charge in [0, 0.05) is 33.8 Å². The van der Waals surface area contributed by atoms with Crippen molar-refractivity contribution in [3.63, 3.8) is 0 Å². The number of hydrogen-bond acceptors (Lipinski definition) is 3. The third kappa shape index (κ3) is 6.80. The van der Waals surface area contributed by atoms with E-state index >= 15 is 0 Å². The van der Waals surface area contributed by atoms with Crippen LogP contribution in [0.3, 0.4) is 0 Å².